The number of rotatable bonds is 4. The van der Waals surface area contributed by atoms with Crippen molar-refractivity contribution >= 4 is 17.6 Å². The minimum atomic E-state index is -0.607. The lowest BCUT2D eigenvalue weighted by atomic mass is 10.1. The third-order valence-electron chi connectivity index (χ3n) is 3.98. The molecule has 0 bridgehead atoms. The summed E-state index contributed by atoms with van der Waals surface area (Å²) >= 11 is 0. The Bertz CT molecular complexity index is 631. The van der Waals surface area contributed by atoms with Gasteiger partial charge in [-0.15, -0.1) is 0 Å². The van der Waals surface area contributed by atoms with Crippen molar-refractivity contribution in [3.05, 3.63) is 36.0 Å². The third kappa shape index (κ3) is 2.71. The first-order chi connectivity index (χ1) is 10.6. The molecule has 2 N–H and O–H groups in total. The van der Waals surface area contributed by atoms with E-state index in [1.54, 1.807) is 17.0 Å². The average molecular weight is 302 g/mol. The highest BCUT2D eigenvalue weighted by Crippen LogP contribution is 2.27. The summed E-state index contributed by atoms with van der Waals surface area (Å²) in [4.78, 5) is 40.6. The van der Waals surface area contributed by atoms with Crippen LogP contribution in [0.2, 0.25) is 0 Å². The van der Waals surface area contributed by atoms with Crippen LogP contribution in [0.4, 0.5) is 0 Å². The molecule has 1 aromatic heterocycles. The van der Waals surface area contributed by atoms with Gasteiger partial charge in [-0.25, -0.2) is 0 Å². The first kappa shape index (κ1) is 14.6. The summed E-state index contributed by atoms with van der Waals surface area (Å²) in [5.74, 6) is -0.836. The second-order valence-electron chi connectivity index (χ2n) is 5.40. The van der Waals surface area contributed by atoms with Crippen molar-refractivity contribution in [2.75, 3.05) is 13.2 Å². The van der Waals surface area contributed by atoms with Crippen LogP contribution in [0.15, 0.2) is 18.3 Å². The highest BCUT2D eigenvalue weighted by atomic mass is 16.5. The van der Waals surface area contributed by atoms with Gasteiger partial charge in [0.25, 0.3) is 5.91 Å². The fraction of sp³-hybridized carbons (Fsp3) is 0.400. The molecule has 115 valence electrons. The minimum Gasteiger partial charge on any atom is -0.368 e. The van der Waals surface area contributed by atoms with Crippen LogP contribution in [0.1, 0.15) is 22.5 Å². The molecule has 3 heterocycles. The topological polar surface area (TPSA) is 103 Å². The smallest absolute Gasteiger partial charge is 0.267 e. The van der Waals surface area contributed by atoms with Gasteiger partial charge in [-0.1, -0.05) is 0 Å². The molecule has 1 radical (unpaired) electrons. The van der Waals surface area contributed by atoms with Crippen molar-refractivity contribution in [1.82, 2.24) is 9.88 Å². The number of fused-ring (bicyclic) bond motifs is 1. The van der Waals surface area contributed by atoms with E-state index in [1.807, 2.05) is 0 Å². The molecule has 0 saturated carbocycles. The van der Waals surface area contributed by atoms with Crippen LogP contribution in [0.25, 0.3) is 0 Å². The molecule has 22 heavy (non-hydrogen) atoms. The number of carbonyl (C=O) groups is 3. The highest BCUT2D eigenvalue weighted by Gasteiger charge is 2.46. The largest absolute Gasteiger partial charge is 0.368 e. The lowest BCUT2D eigenvalue weighted by Crippen LogP contribution is -2.42. The second kappa shape index (κ2) is 5.84. The van der Waals surface area contributed by atoms with Crippen LogP contribution >= 0.6 is 0 Å². The Morgan fingerprint density at radius 2 is 2.32 bits per heavy atom. The van der Waals surface area contributed by atoms with E-state index >= 15 is 0 Å². The van der Waals surface area contributed by atoms with Gasteiger partial charge >= 0.3 is 0 Å². The number of carbonyl (C=O) groups excluding carboxylic acids is 3. The van der Waals surface area contributed by atoms with Crippen molar-refractivity contribution in [3.8, 4) is 0 Å². The van der Waals surface area contributed by atoms with Crippen molar-refractivity contribution in [1.29, 1.82) is 0 Å². The van der Waals surface area contributed by atoms with E-state index in [1.165, 1.54) is 12.6 Å². The van der Waals surface area contributed by atoms with Crippen molar-refractivity contribution in [2.24, 2.45) is 5.73 Å². The molecule has 1 aromatic rings. The Hall–Kier alpha value is -2.28. The fourth-order valence-corrected chi connectivity index (χ4v) is 2.90. The first-order valence-electron chi connectivity index (χ1n) is 7.09. The molecule has 3 rings (SSSR count). The number of nitrogens with two attached hydrogens (primary N) is 1. The summed E-state index contributed by atoms with van der Waals surface area (Å²) in [7, 11) is 0. The Morgan fingerprint density at radius 1 is 1.50 bits per heavy atom. The summed E-state index contributed by atoms with van der Waals surface area (Å²) < 4.78 is 5.36. The van der Waals surface area contributed by atoms with E-state index in [2.05, 4.69) is 4.98 Å². The molecule has 7 heteroatoms. The Balaban J connectivity index is 1.62. The number of aromatic nitrogens is 1. The van der Waals surface area contributed by atoms with E-state index in [0.29, 0.717) is 19.4 Å². The van der Waals surface area contributed by atoms with Crippen LogP contribution < -0.4 is 5.73 Å². The summed E-state index contributed by atoms with van der Waals surface area (Å²) in [6.45, 7) is 0.616. The summed E-state index contributed by atoms with van der Waals surface area (Å²) in [6, 6.07) is 2.83. The van der Waals surface area contributed by atoms with Gasteiger partial charge in [0, 0.05) is 12.7 Å². The van der Waals surface area contributed by atoms with E-state index < -0.39 is 11.9 Å². The molecule has 0 aliphatic carbocycles. The molecule has 0 spiro atoms. The second-order valence-corrected chi connectivity index (χ2v) is 5.40. The molecule has 2 unspecified atom stereocenters. The van der Waals surface area contributed by atoms with Gasteiger partial charge < -0.3 is 15.4 Å². The number of primary amides is 1. The van der Waals surface area contributed by atoms with Crippen molar-refractivity contribution < 1.29 is 19.1 Å². The normalized spacial score (nSPS) is 23.6. The van der Waals surface area contributed by atoms with Crippen molar-refractivity contribution in [3.63, 3.8) is 0 Å². The van der Waals surface area contributed by atoms with Crippen molar-refractivity contribution in [2.45, 2.75) is 25.0 Å². The molecular weight excluding hydrogens is 286 g/mol. The molecule has 2 atom stereocenters. The summed E-state index contributed by atoms with van der Waals surface area (Å²) in [5.41, 5.74) is 6.11. The zero-order valence-corrected chi connectivity index (χ0v) is 11.9. The number of pyridine rings is 1. The van der Waals surface area contributed by atoms with E-state index in [0.717, 1.165) is 5.56 Å². The van der Waals surface area contributed by atoms with E-state index in [-0.39, 0.29) is 30.1 Å². The SMILES string of the molecule is NC(=O)c1cc(C[CH]C(=O)N2CCC3OCC(=O)C32)ccn1. The maximum Gasteiger partial charge on any atom is 0.267 e. The van der Waals surface area contributed by atoms with Gasteiger partial charge in [0.15, 0.2) is 5.78 Å². The lowest BCUT2D eigenvalue weighted by Gasteiger charge is -2.21. The monoisotopic (exact) mass is 302 g/mol. The Morgan fingerprint density at radius 3 is 3.09 bits per heavy atom. The van der Waals surface area contributed by atoms with Crippen LogP contribution in [-0.2, 0) is 20.7 Å². The lowest BCUT2D eigenvalue weighted by molar-refractivity contribution is -0.133. The zero-order valence-electron chi connectivity index (χ0n) is 11.9. The molecular formula is C15H16N3O4. The van der Waals surface area contributed by atoms with Gasteiger partial charge in [-0.05, 0) is 30.5 Å². The van der Waals surface area contributed by atoms with Gasteiger partial charge in [0.1, 0.15) is 18.3 Å². The molecule has 2 aliphatic heterocycles. The van der Waals surface area contributed by atoms with Gasteiger partial charge in [-0.3, -0.25) is 19.4 Å². The predicted octanol–water partition coefficient (Wildman–Crippen LogP) is -0.504. The summed E-state index contributed by atoms with van der Waals surface area (Å²) in [6.07, 6.45) is 3.87. The van der Waals surface area contributed by atoms with Crippen LogP contribution in [0.3, 0.4) is 0 Å². The third-order valence-corrected chi connectivity index (χ3v) is 3.98. The van der Waals surface area contributed by atoms with Crippen LogP contribution in [-0.4, -0.2) is 52.8 Å². The number of hydrogen-bond acceptors (Lipinski definition) is 5. The maximum atomic E-state index is 12.3. The molecule has 2 aliphatic rings. The Labute approximate surface area is 127 Å². The van der Waals surface area contributed by atoms with Gasteiger partial charge in [-0.2, -0.15) is 0 Å². The van der Waals surface area contributed by atoms with E-state index in [9.17, 15) is 14.4 Å². The number of likely N-dealkylation sites (tertiary alicyclic amines) is 1. The Kier molecular flexibility index (Phi) is 3.89. The number of ether oxygens (including phenoxy) is 1. The predicted molar refractivity (Wildman–Crippen MR) is 75.6 cm³/mol. The molecule has 2 saturated heterocycles. The molecule has 0 aromatic carbocycles. The quantitative estimate of drug-likeness (QED) is 0.807. The molecule has 2 fully saturated rings. The molecule has 2 amide bonds. The zero-order chi connectivity index (χ0) is 15.7. The fourth-order valence-electron chi connectivity index (χ4n) is 2.90. The maximum absolute atomic E-state index is 12.3. The van der Waals surface area contributed by atoms with Gasteiger partial charge in [0.2, 0.25) is 5.91 Å². The highest BCUT2D eigenvalue weighted by molar-refractivity contribution is 5.95. The number of ketones is 1. The van der Waals surface area contributed by atoms with Crippen LogP contribution in [0.5, 0.6) is 0 Å². The number of nitrogens with zero attached hydrogens (tertiary/aromatic N) is 2. The van der Waals surface area contributed by atoms with E-state index in [4.69, 9.17) is 10.5 Å². The standard InChI is InChI=1S/C15H16N3O4/c16-15(21)10-7-9(3-5-17-10)1-2-13(20)18-6-4-12-14(18)11(19)8-22-12/h2-3,5,7,12,14H,1,4,6,8H2,(H2,16,21). The number of hydrogen-bond donors (Lipinski definition) is 1. The average Bonchev–Trinajstić information content (AvgIpc) is 3.08. The van der Waals surface area contributed by atoms with Gasteiger partial charge in [0.05, 0.1) is 12.5 Å². The summed E-state index contributed by atoms with van der Waals surface area (Å²) in [5, 5.41) is 0. The minimum absolute atomic E-state index is 0.0378. The van der Waals surface area contributed by atoms with Crippen LogP contribution in [0, 0.1) is 6.42 Å². The molecule has 7 nitrogen and oxygen atoms in total. The number of amides is 2. The number of Topliss-reactive ketones (excluding diaryl/α,β-unsaturated/α-hetero) is 1. The first-order valence-corrected chi connectivity index (χ1v) is 7.09.